The van der Waals surface area contributed by atoms with E-state index in [1.807, 2.05) is 5.32 Å². The number of carboxylic acid groups (broad SMARTS) is 1. The fourth-order valence-electron chi connectivity index (χ4n) is 2.63. The molecule has 6 nitrogen and oxygen atoms in total. The first kappa shape index (κ1) is 15.8. The van der Waals surface area contributed by atoms with Crippen molar-refractivity contribution in [3.05, 3.63) is 35.1 Å². The molecule has 2 rings (SSSR count). The van der Waals surface area contributed by atoms with Gasteiger partial charge in [0, 0.05) is 11.1 Å². The Morgan fingerprint density at radius 3 is 2.55 bits per heavy atom. The summed E-state index contributed by atoms with van der Waals surface area (Å²) >= 11 is 0. The van der Waals surface area contributed by atoms with Gasteiger partial charge < -0.3 is 10.4 Å². The second-order valence-corrected chi connectivity index (χ2v) is 5.56. The van der Waals surface area contributed by atoms with Gasteiger partial charge in [-0.25, -0.2) is 4.39 Å². The van der Waals surface area contributed by atoms with Crippen LogP contribution in [-0.2, 0) is 19.8 Å². The number of amides is 1. The van der Waals surface area contributed by atoms with Crippen LogP contribution in [0.3, 0.4) is 0 Å². The Bertz CT molecular complexity index is 695. The number of nitrogens with one attached hydrogen (secondary N) is 1. The first-order valence-electron chi connectivity index (χ1n) is 6.55. The Labute approximate surface area is 125 Å². The smallest absolute Gasteiger partial charge is 0.322 e. The van der Waals surface area contributed by atoms with Gasteiger partial charge in [0.15, 0.2) is 17.5 Å². The summed E-state index contributed by atoms with van der Waals surface area (Å²) in [5.74, 6) is -6.20. The number of carbonyl (C=O) groups is 4. The minimum absolute atomic E-state index is 0.0277. The highest BCUT2D eigenvalue weighted by atomic mass is 19.1. The van der Waals surface area contributed by atoms with Gasteiger partial charge in [0.1, 0.15) is 12.4 Å². The Morgan fingerprint density at radius 1 is 1.32 bits per heavy atom. The van der Waals surface area contributed by atoms with Crippen molar-refractivity contribution in [3.8, 4) is 0 Å². The number of ketones is 2. The minimum atomic E-state index is -1.66. The van der Waals surface area contributed by atoms with Gasteiger partial charge in [-0.2, -0.15) is 0 Å². The fraction of sp³-hybridized carbons (Fsp3) is 0.333. The standard InChI is InChI=1S/C15H14FNO5/c1-15(2)11-7(4-3-5-8(11)16)12(20)10(13(15)21)14(22)17-6-9(18)19/h3-5,10H,6H2,1-2H3,(H,17,22)(H,18,19). The molecule has 0 bridgehead atoms. The van der Waals surface area contributed by atoms with Crippen molar-refractivity contribution >= 4 is 23.4 Å². The molecular weight excluding hydrogens is 293 g/mol. The van der Waals surface area contributed by atoms with E-state index in [0.717, 1.165) is 6.07 Å². The number of benzene rings is 1. The molecule has 1 amide bonds. The summed E-state index contributed by atoms with van der Waals surface area (Å²) < 4.78 is 14.0. The van der Waals surface area contributed by atoms with E-state index in [-0.39, 0.29) is 11.1 Å². The minimum Gasteiger partial charge on any atom is -0.480 e. The number of fused-ring (bicyclic) bond motifs is 1. The van der Waals surface area contributed by atoms with Crippen molar-refractivity contribution in [2.45, 2.75) is 19.3 Å². The first-order chi connectivity index (χ1) is 10.2. The molecule has 1 aromatic rings. The van der Waals surface area contributed by atoms with Crippen LogP contribution >= 0.6 is 0 Å². The van der Waals surface area contributed by atoms with Crippen LogP contribution in [0.2, 0.25) is 0 Å². The average Bonchev–Trinajstić information content (AvgIpc) is 2.43. The van der Waals surface area contributed by atoms with E-state index in [1.54, 1.807) is 0 Å². The molecule has 1 aliphatic carbocycles. The molecule has 1 atom stereocenters. The molecule has 0 spiro atoms. The molecule has 116 valence electrons. The number of carbonyl (C=O) groups excluding carboxylic acids is 3. The lowest BCUT2D eigenvalue weighted by molar-refractivity contribution is -0.140. The highest BCUT2D eigenvalue weighted by molar-refractivity contribution is 6.28. The third kappa shape index (κ3) is 2.38. The normalized spacial score (nSPS) is 19.5. The topological polar surface area (TPSA) is 101 Å². The number of halogens is 1. The molecular formula is C15H14FNO5. The zero-order chi connectivity index (χ0) is 16.7. The van der Waals surface area contributed by atoms with Crippen LogP contribution in [0, 0.1) is 11.7 Å². The Hall–Kier alpha value is -2.57. The summed E-state index contributed by atoms with van der Waals surface area (Å²) in [5.41, 5.74) is -1.42. The van der Waals surface area contributed by atoms with Gasteiger partial charge in [-0.15, -0.1) is 0 Å². The fourth-order valence-corrected chi connectivity index (χ4v) is 2.63. The van der Waals surface area contributed by atoms with E-state index in [4.69, 9.17) is 5.11 Å². The maximum Gasteiger partial charge on any atom is 0.322 e. The molecule has 2 N–H and O–H groups in total. The molecule has 22 heavy (non-hydrogen) atoms. The van der Waals surface area contributed by atoms with Crippen LogP contribution in [0.5, 0.6) is 0 Å². The maximum atomic E-state index is 14.0. The maximum absolute atomic E-state index is 14.0. The van der Waals surface area contributed by atoms with Crippen LogP contribution < -0.4 is 5.32 Å². The van der Waals surface area contributed by atoms with Gasteiger partial charge in [-0.05, 0) is 19.9 Å². The highest BCUT2D eigenvalue weighted by Gasteiger charge is 2.50. The molecule has 0 aromatic heterocycles. The Kier molecular flexibility index (Phi) is 3.83. The number of hydrogen-bond acceptors (Lipinski definition) is 4. The lowest BCUT2D eigenvalue weighted by atomic mass is 9.66. The third-order valence-electron chi connectivity index (χ3n) is 3.72. The summed E-state index contributed by atoms with van der Waals surface area (Å²) in [6.07, 6.45) is 0. The first-order valence-corrected chi connectivity index (χ1v) is 6.55. The summed E-state index contributed by atoms with van der Waals surface area (Å²) in [5, 5.41) is 10.6. The highest BCUT2D eigenvalue weighted by Crippen LogP contribution is 2.38. The molecule has 0 aliphatic heterocycles. The zero-order valence-electron chi connectivity index (χ0n) is 12.0. The van der Waals surface area contributed by atoms with E-state index in [9.17, 15) is 23.6 Å². The number of Topliss-reactive ketones (excluding diaryl/α,β-unsaturated/α-hetero) is 2. The van der Waals surface area contributed by atoms with Crippen LogP contribution in [0.15, 0.2) is 18.2 Å². The summed E-state index contributed by atoms with van der Waals surface area (Å²) in [7, 11) is 0. The van der Waals surface area contributed by atoms with Gasteiger partial charge in [0.25, 0.3) is 0 Å². The van der Waals surface area contributed by atoms with Crippen molar-refractivity contribution in [2.75, 3.05) is 6.54 Å². The lowest BCUT2D eigenvalue weighted by Crippen LogP contribution is -2.52. The molecule has 7 heteroatoms. The predicted molar refractivity (Wildman–Crippen MR) is 72.9 cm³/mol. The second kappa shape index (κ2) is 5.32. The molecule has 1 unspecified atom stereocenters. The van der Waals surface area contributed by atoms with Crippen LogP contribution in [0.4, 0.5) is 4.39 Å². The van der Waals surface area contributed by atoms with Gasteiger partial charge in [0.2, 0.25) is 5.91 Å². The molecule has 1 aromatic carbocycles. The molecule has 0 fully saturated rings. The van der Waals surface area contributed by atoms with Crippen LogP contribution in [0.25, 0.3) is 0 Å². The number of aliphatic carboxylic acids is 1. The summed E-state index contributed by atoms with van der Waals surface area (Å²) in [4.78, 5) is 47.3. The number of rotatable bonds is 3. The van der Waals surface area contributed by atoms with E-state index >= 15 is 0 Å². The largest absolute Gasteiger partial charge is 0.480 e. The van der Waals surface area contributed by atoms with Gasteiger partial charge >= 0.3 is 5.97 Å². The van der Waals surface area contributed by atoms with Crippen molar-refractivity contribution in [1.29, 1.82) is 0 Å². The summed E-state index contributed by atoms with van der Waals surface area (Å²) in [6.45, 7) is 2.16. The Morgan fingerprint density at radius 2 is 1.95 bits per heavy atom. The summed E-state index contributed by atoms with van der Waals surface area (Å²) in [6, 6.07) is 3.82. The second-order valence-electron chi connectivity index (χ2n) is 5.56. The quantitative estimate of drug-likeness (QED) is 0.800. The van der Waals surface area contributed by atoms with E-state index < -0.39 is 47.1 Å². The van der Waals surface area contributed by atoms with Gasteiger partial charge in [-0.3, -0.25) is 19.2 Å². The van der Waals surface area contributed by atoms with E-state index in [1.165, 1.54) is 26.0 Å². The number of carboxylic acids is 1. The Balaban J connectivity index is 2.48. The zero-order valence-corrected chi connectivity index (χ0v) is 12.0. The van der Waals surface area contributed by atoms with Gasteiger partial charge in [0.05, 0.1) is 5.41 Å². The molecule has 0 saturated carbocycles. The van der Waals surface area contributed by atoms with Crippen LogP contribution in [0.1, 0.15) is 29.8 Å². The number of hydrogen-bond donors (Lipinski definition) is 2. The average molecular weight is 307 g/mol. The monoisotopic (exact) mass is 307 g/mol. The van der Waals surface area contributed by atoms with Crippen molar-refractivity contribution < 1.29 is 28.7 Å². The third-order valence-corrected chi connectivity index (χ3v) is 3.72. The van der Waals surface area contributed by atoms with Crippen LogP contribution in [-0.4, -0.2) is 35.1 Å². The molecule has 0 heterocycles. The lowest BCUT2D eigenvalue weighted by Gasteiger charge is -2.34. The van der Waals surface area contributed by atoms with Crippen molar-refractivity contribution in [1.82, 2.24) is 5.32 Å². The molecule has 0 saturated heterocycles. The molecule has 0 radical (unpaired) electrons. The SMILES string of the molecule is CC1(C)C(=O)C(C(=O)NCC(=O)O)C(=O)c2cccc(F)c21. The van der Waals surface area contributed by atoms with E-state index in [0.29, 0.717) is 0 Å². The van der Waals surface area contributed by atoms with Crippen molar-refractivity contribution in [2.24, 2.45) is 5.92 Å². The van der Waals surface area contributed by atoms with Gasteiger partial charge in [-0.1, -0.05) is 12.1 Å². The molecule has 1 aliphatic rings. The van der Waals surface area contributed by atoms with Crippen molar-refractivity contribution in [3.63, 3.8) is 0 Å². The van der Waals surface area contributed by atoms with E-state index in [2.05, 4.69) is 0 Å². The predicted octanol–water partition coefficient (Wildman–Crippen LogP) is 0.686.